The zero-order valence-corrected chi connectivity index (χ0v) is 7.92. The Morgan fingerprint density at radius 2 is 2.08 bits per heavy atom. The second kappa shape index (κ2) is 3.04. The van der Waals surface area contributed by atoms with Gasteiger partial charge in [0.2, 0.25) is 0 Å². The zero-order chi connectivity index (χ0) is 9.31. The van der Waals surface area contributed by atoms with Gasteiger partial charge in [-0.25, -0.2) is 0 Å². The van der Waals surface area contributed by atoms with Crippen LogP contribution in [-0.2, 0) is 0 Å². The minimum absolute atomic E-state index is 0.588. The Morgan fingerprint density at radius 1 is 1.38 bits per heavy atom. The van der Waals surface area contributed by atoms with Crippen molar-refractivity contribution in [3.63, 3.8) is 0 Å². The van der Waals surface area contributed by atoms with Gasteiger partial charge in [0.25, 0.3) is 0 Å². The van der Waals surface area contributed by atoms with Crippen molar-refractivity contribution in [2.75, 3.05) is 26.2 Å². The number of nitrogens with zero attached hydrogens (tertiary/aromatic N) is 1. The molecular formula is C11H16N2. The van der Waals surface area contributed by atoms with E-state index in [-0.39, 0.29) is 0 Å². The third kappa shape index (κ3) is 1.42. The normalized spacial score (nSPS) is 24.2. The van der Waals surface area contributed by atoms with Gasteiger partial charge in [-0.15, -0.1) is 0 Å². The lowest BCUT2D eigenvalue weighted by atomic mass is 9.74. The van der Waals surface area contributed by atoms with Crippen molar-refractivity contribution < 1.29 is 0 Å². The van der Waals surface area contributed by atoms with Crippen LogP contribution >= 0.6 is 0 Å². The monoisotopic (exact) mass is 176 g/mol. The van der Waals surface area contributed by atoms with E-state index in [1.807, 2.05) is 12.2 Å². The summed E-state index contributed by atoms with van der Waals surface area (Å²) in [5.74, 6) is 0. The first-order valence-electron chi connectivity index (χ1n) is 4.69. The number of nitrogens with one attached hydrogen (secondary N) is 1. The smallest absolute Gasteiger partial charge is 0.0303 e. The Kier molecular flexibility index (Phi) is 2.00. The van der Waals surface area contributed by atoms with Gasteiger partial charge in [0.05, 0.1) is 0 Å². The average molecular weight is 176 g/mol. The van der Waals surface area contributed by atoms with Gasteiger partial charge in [-0.05, 0) is 6.08 Å². The summed E-state index contributed by atoms with van der Waals surface area (Å²) in [4.78, 5) is 2.32. The van der Waals surface area contributed by atoms with Gasteiger partial charge in [-0.3, -0.25) is 0 Å². The molecule has 0 atom stereocenters. The van der Waals surface area contributed by atoms with E-state index in [1.54, 1.807) is 6.08 Å². The third-order valence-electron chi connectivity index (χ3n) is 2.88. The molecule has 0 saturated carbocycles. The fourth-order valence-electron chi connectivity index (χ4n) is 1.95. The molecule has 0 aromatic carbocycles. The maximum Gasteiger partial charge on any atom is 0.0303 e. The molecule has 0 aromatic heterocycles. The average Bonchev–Trinajstić information content (AvgIpc) is 1.95. The Morgan fingerprint density at radius 3 is 2.54 bits per heavy atom. The summed E-state index contributed by atoms with van der Waals surface area (Å²) in [6.45, 7) is 12.3. The fraction of sp³-hybridized carbons (Fsp3) is 0.455. The molecule has 0 radical (unpaired) electrons. The summed E-state index contributed by atoms with van der Waals surface area (Å²) in [5.41, 5.74) is 1.70. The molecule has 2 aliphatic heterocycles. The van der Waals surface area contributed by atoms with Crippen LogP contribution in [0.15, 0.2) is 37.1 Å². The van der Waals surface area contributed by atoms with E-state index in [2.05, 4.69) is 23.4 Å². The van der Waals surface area contributed by atoms with E-state index in [4.69, 9.17) is 0 Å². The first-order chi connectivity index (χ1) is 6.26. The van der Waals surface area contributed by atoms with Crippen LogP contribution in [0.2, 0.25) is 0 Å². The molecular weight excluding hydrogens is 160 g/mol. The van der Waals surface area contributed by atoms with Crippen LogP contribution < -0.4 is 5.32 Å². The number of hydrogen-bond acceptors (Lipinski definition) is 2. The molecule has 0 aliphatic carbocycles. The molecule has 1 N–H and O–H groups in total. The highest BCUT2D eigenvalue weighted by atomic mass is 15.3. The summed E-state index contributed by atoms with van der Waals surface area (Å²) in [7, 11) is 0. The molecule has 2 saturated heterocycles. The molecule has 13 heavy (non-hydrogen) atoms. The van der Waals surface area contributed by atoms with Crippen molar-refractivity contribution in [1.82, 2.24) is 10.2 Å². The van der Waals surface area contributed by atoms with Gasteiger partial charge < -0.3 is 10.2 Å². The summed E-state index contributed by atoms with van der Waals surface area (Å²) in [6, 6.07) is 0. The number of allylic oxidation sites excluding steroid dienone is 3. The van der Waals surface area contributed by atoms with Gasteiger partial charge in [0.1, 0.15) is 0 Å². The molecule has 1 spiro atoms. The summed E-state index contributed by atoms with van der Waals surface area (Å²) in [6.07, 6.45) is 5.74. The van der Waals surface area contributed by atoms with E-state index >= 15 is 0 Å². The van der Waals surface area contributed by atoms with Gasteiger partial charge in [-0.2, -0.15) is 0 Å². The van der Waals surface area contributed by atoms with Crippen LogP contribution in [-0.4, -0.2) is 31.1 Å². The van der Waals surface area contributed by atoms with E-state index < -0.39 is 0 Å². The van der Waals surface area contributed by atoms with Crippen molar-refractivity contribution in [1.29, 1.82) is 0 Å². The molecule has 70 valence electrons. The van der Waals surface area contributed by atoms with Crippen LogP contribution in [0.25, 0.3) is 0 Å². The SMILES string of the molecule is C=C/C=C\C(=C)N1CC2(CNC2)C1. The van der Waals surface area contributed by atoms with E-state index in [9.17, 15) is 0 Å². The lowest BCUT2D eigenvalue weighted by Crippen LogP contribution is -2.70. The predicted molar refractivity (Wildman–Crippen MR) is 55.4 cm³/mol. The van der Waals surface area contributed by atoms with Crippen LogP contribution in [0, 0.1) is 5.41 Å². The molecule has 2 heteroatoms. The molecule has 0 unspecified atom stereocenters. The van der Waals surface area contributed by atoms with E-state index in [1.165, 1.54) is 26.2 Å². The number of likely N-dealkylation sites (tertiary alicyclic amines) is 1. The zero-order valence-electron chi connectivity index (χ0n) is 7.92. The first kappa shape index (κ1) is 8.57. The summed E-state index contributed by atoms with van der Waals surface area (Å²) in [5, 5.41) is 3.32. The Balaban J connectivity index is 1.82. The fourth-order valence-corrected chi connectivity index (χ4v) is 1.95. The van der Waals surface area contributed by atoms with Crippen molar-refractivity contribution in [3.05, 3.63) is 37.1 Å². The predicted octanol–water partition coefficient (Wildman–Crippen LogP) is 1.15. The summed E-state index contributed by atoms with van der Waals surface area (Å²) < 4.78 is 0. The van der Waals surface area contributed by atoms with Gasteiger partial charge >= 0.3 is 0 Å². The standard InChI is InChI=1S/C11H16N2/c1-3-4-5-10(2)13-8-11(9-13)6-12-7-11/h3-5,12H,1-2,6-9H2/b5-4-. The Labute approximate surface area is 79.6 Å². The minimum atomic E-state index is 0.588. The van der Waals surface area contributed by atoms with Gasteiger partial charge in [0, 0.05) is 37.3 Å². The quantitative estimate of drug-likeness (QED) is 0.649. The highest BCUT2D eigenvalue weighted by Crippen LogP contribution is 2.36. The van der Waals surface area contributed by atoms with E-state index in [0.29, 0.717) is 5.41 Å². The molecule has 2 rings (SSSR count). The van der Waals surface area contributed by atoms with Crippen molar-refractivity contribution >= 4 is 0 Å². The van der Waals surface area contributed by atoms with Crippen LogP contribution in [0.3, 0.4) is 0 Å². The highest BCUT2D eigenvalue weighted by Gasteiger charge is 2.47. The third-order valence-corrected chi connectivity index (χ3v) is 2.88. The first-order valence-corrected chi connectivity index (χ1v) is 4.69. The molecule has 0 amide bonds. The second-order valence-electron chi connectivity index (χ2n) is 4.05. The lowest BCUT2D eigenvalue weighted by Gasteiger charge is -2.57. The molecule has 2 nitrogen and oxygen atoms in total. The van der Waals surface area contributed by atoms with Crippen LogP contribution in [0.5, 0.6) is 0 Å². The molecule has 0 bridgehead atoms. The van der Waals surface area contributed by atoms with Crippen molar-refractivity contribution in [3.8, 4) is 0 Å². The minimum Gasteiger partial charge on any atom is -0.371 e. The number of hydrogen-bond donors (Lipinski definition) is 1. The molecule has 2 aliphatic rings. The topological polar surface area (TPSA) is 15.3 Å². The largest absolute Gasteiger partial charge is 0.371 e. The van der Waals surface area contributed by atoms with Crippen molar-refractivity contribution in [2.45, 2.75) is 0 Å². The van der Waals surface area contributed by atoms with Crippen molar-refractivity contribution in [2.24, 2.45) is 5.41 Å². The molecule has 0 aromatic rings. The maximum atomic E-state index is 4.01. The molecule has 2 fully saturated rings. The Bertz CT molecular complexity index is 253. The molecule has 2 heterocycles. The maximum absolute atomic E-state index is 4.01. The Hall–Kier alpha value is -1.02. The lowest BCUT2D eigenvalue weighted by molar-refractivity contribution is -0.0134. The number of rotatable bonds is 3. The van der Waals surface area contributed by atoms with Crippen LogP contribution in [0.4, 0.5) is 0 Å². The second-order valence-corrected chi connectivity index (χ2v) is 4.05. The van der Waals surface area contributed by atoms with Crippen LogP contribution in [0.1, 0.15) is 0 Å². The summed E-state index contributed by atoms with van der Waals surface area (Å²) >= 11 is 0. The van der Waals surface area contributed by atoms with Gasteiger partial charge in [0.15, 0.2) is 0 Å². The highest BCUT2D eigenvalue weighted by molar-refractivity contribution is 5.22. The van der Waals surface area contributed by atoms with E-state index in [0.717, 1.165) is 5.70 Å². The van der Waals surface area contributed by atoms with Gasteiger partial charge in [-0.1, -0.05) is 25.3 Å².